The molecule has 0 heterocycles. The van der Waals surface area contributed by atoms with Gasteiger partial charge in [0.25, 0.3) is 0 Å². The lowest BCUT2D eigenvalue weighted by Gasteiger charge is -1.78. The second-order valence-corrected chi connectivity index (χ2v) is 2.92. The second kappa shape index (κ2) is 4.78. The zero-order chi connectivity index (χ0) is 4.83. The first kappa shape index (κ1) is 5.78. The maximum absolute atomic E-state index is 5.03. The summed E-state index contributed by atoms with van der Waals surface area (Å²) in [5, 5.41) is 0. The number of rotatable bonds is 2. The minimum absolute atomic E-state index is 0.0505. The van der Waals surface area contributed by atoms with Crippen molar-refractivity contribution in [3.05, 3.63) is 0 Å². The molecule has 0 bridgehead atoms. The average molecular weight is 98.2 g/mol. The lowest BCUT2D eigenvalue weighted by atomic mass is 10.6. The van der Waals surface area contributed by atoms with Crippen molar-refractivity contribution in [3.8, 4) is 12.0 Å². The van der Waals surface area contributed by atoms with Crippen LogP contribution in [0, 0.1) is 12.0 Å². The van der Waals surface area contributed by atoms with Crippen LogP contribution in [-0.2, 0) is 0 Å². The van der Waals surface area contributed by atoms with Gasteiger partial charge in [-0.1, -0.05) is 19.4 Å². The first-order valence-electron chi connectivity index (χ1n) is 2.35. The van der Waals surface area contributed by atoms with Crippen molar-refractivity contribution in [3.63, 3.8) is 0 Å². The van der Waals surface area contributed by atoms with Gasteiger partial charge in [0.05, 0.1) is 0 Å². The Balaban J connectivity index is 2.54. The molecule has 0 aromatic heterocycles. The van der Waals surface area contributed by atoms with Crippen LogP contribution in [0.1, 0.15) is 13.3 Å². The van der Waals surface area contributed by atoms with Crippen molar-refractivity contribution >= 4 is 9.52 Å². The zero-order valence-electron chi connectivity index (χ0n) is 4.20. The largest absolute Gasteiger partial charge is 0.143 e. The number of terminal acetylenes is 1. The quantitative estimate of drug-likeness (QED) is 0.269. The Morgan fingerprint density at radius 3 is 2.67 bits per heavy atom. The van der Waals surface area contributed by atoms with E-state index in [2.05, 4.69) is 12.5 Å². The molecule has 0 N–H and O–H groups in total. The highest BCUT2D eigenvalue weighted by Gasteiger charge is 1.73. The molecule has 0 aromatic rings. The highest BCUT2D eigenvalue weighted by molar-refractivity contribution is 6.45. The Morgan fingerprint density at radius 1 is 1.83 bits per heavy atom. The predicted molar refractivity (Wildman–Crippen MR) is 32.5 cm³/mol. The van der Waals surface area contributed by atoms with E-state index in [0.717, 1.165) is 0 Å². The molecule has 0 spiro atoms. The van der Waals surface area contributed by atoms with Crippen molar-refractivity contribution in [1.29, 1.82) is 0 Å². The Hall–Kier alpha value is -0.223. The van der Waals surface area contributed by atoms with Gasteiger partial charge in [0, 0.05) is 0 Å². The Morgan fingerprint density at radius 2 is 2.50 bits per heavy atom. The normalized spacial score (nSPS) is 9.33. The van der Waals surface area contributed by atoms with Gasteiger partial charge in [-0.2, -0.15) is 0 Å². The molecule has 0 radical (unpaired) electrons. The van der Waals surface area contributed by atoms with Crippen molar-refractivity contribution in [1.82, 2.24) is 0 Å². The van der Waals surface area contributed by atoms with E-state index in [1.54, 1.807) is 0 Å². The highest BCUT2D eigenvalue weighted by Crippen LogP contribution is 1.80. The first-order chi connectivity index (χ1) is 2.91. The van der Waals surface area contributed by atoms with Crippen LogP contribution in [0.4, 0.5) is 0 Å². The Labute approximate surface area is 41.8 Å². The fourth-order valence-corrected chi connectivity index (χ4v) is 0.837. The lowest BCUT2D eigenvalue weighted by Crippen LogP contribution is -1.78. The lowest BCUT2D eigenvalue weighted by molar-refractivity contribution is 1.08. The summed E-state index contributed by atoms with van der Waals surface area (Å²) in [6, 6.07) is 1.32. The van der Waals surface area contributed by atoms with Crippen molar-refractivity contribution in [2.24, 2.45) is 0 Å². The maximum Gasteiger partial charge on any atom is 0.106 e. The molecule has 0 aliphatic carbocycles. The minimum atomic E-state index is -0.0505. The van der Waals surface area contributed by atoms with Crippen molar-refractivity contribution in [2.45, 2.75) is 19.4 Å². The van der Waals surface area contributed by atoms with Crippen LogP contribution in [0.5, 0.6) is 0 Å². The second-order valence-electron chi connectivity index (χ2n) is 1.31. The molecular weight excluding hydrogens is 88.1 g/mol. The molecule has 0 rings (SSSR count). The molecule has 0 aliphatic heterocycles. The fraction of sp³-hybridized carbons (Fsp3) is 0.600. The summed E-state index contributed by atoms with van der Waals surface area (Å²) < 4.78 is 0. The van der Waals surface area contributed by atoms with Crippen LogP contribution in [0.2, 0.25) is 6.04 Å². The maximum atomic E-state index is 5.03. The summed E-state index contributed by atoms with van der Waals surface area (Å²) in [5.74, 6) is 0. The Kier molecular flexibility index (Phi) is 4.60. The molecule has 0 unspecified atom stereocenters. The van der Waals surface area contributed by atoms with E-state index >= 15 is 0 Å². The zero-order valence-corrected chi connectivity index (χ0v) is 5.61. The molecular formula is C5H10Si. The van der Waals surface area contributed by atoms with Crippen LogP contribution >= 0.6 is 0 Å². The molecule has 0 fully saturated rings. The third kappa shape index (κ3) is 3.78. The van der Waals surface area contributed by atoms with E-state index in [0.29, 0.717) is 0 Å². The fourth-order valence-electron chi connectivity index (χ4n) is 0.279. The van der Waals surface area contributed by atoms with Crippen LogP contribution in [-0.4, -0.2) is 9.52 Å². The molecule has 0 aliphatic rings. The van der Waals surface area contributed by atoms with Gasteiger partial charge in [-0.3, -0.25) is 0 Å². The summed E-state index contributed by atoms with van der Waals surface area (Å²) in [4.78, 5) is 0. The van der Waals surface area contributed by atoms with Gasteiger partial charge in [-0.15, -0.1) is 12.0 Å². The first-order valence-corrected chi connectivity index (χ1v) is 4.06. The van der Waals surface area contributed by atoms with Gasteiger partial charge in [0.1, 0.15) is 9.52 Å². The van der Waals surface area contributed by atoms with Crippen LogP contribution in [0.25, 0.3) is 0 Å². The number of hydrogen-bond acceptors (Lipinski definition) is 0. The topological polar surface area (TPSA) is 0 Å². The number of hydrogen-bond donors (Lipinski definition) is 0. The summed E-state index contributed by atoms with van der Waals surface area (Å²) in [6.45, 7) is 2.17. The van der Waals surface area contributed by atoms with Gasteiger partial charge < -0.3 is 0 Å². The van der Waals surface area contributed by atoms with E-state index in [1.165, 1.54) is 12.5 Å². The summed E-state index contributed by atoms with van der Waals surface area (Å²) in [7, 11) is -0.0505. The summed E-state index contributed by atoms with van der Waals surface area (Å²) >= 11 is 0. The van der Waals surface area contributed by atoms with Gasteiger partial charge in [0.2, 0.25) is 0 Å². The monoisotopic (exact) mass is 98.1 g/mol. The molecule has 0 amide bonds. The molecule has 1 heteroatoms. The van der Waals surface area contributed by atoms with E-state index in [-0.39, 0.29) is 9.52 Å². The van der Waals surface area contributed by atoms with Crippen LogP contribution in [0.15, 0.2) is 0 Å². The molecule has 0 saturated carbocycles. The molecule has 0 saturated heterocycles. The van der Waals surface area contributed by atoms with Crippen LogP contribution < -0.4 is 0 Å². The van der Waals surface area contributed by atoms with E-state index in [9.17, 15) is 0 Å². The summed E-state index contributed by atoms with van der Waals surface area (Å²) in [6.07, 6.45) is 6.30. The Bertz CT molecular complexity index is 51.4. The van der Waals surface area contributed by atoms with Gasteiger partial charge in [-0.05, 0) is 0 Å². The molecule has 6 heavy (non-hydrogen) atoms. The van der Waals surface area contributed by atoms with E-state index < -0.39 is 0 Å². The third-order valence-electron chi connectivity index (χ3n) is 0.675. The average Bonchev–Trinajstić information content (AvgIpc) is 1.61. The van der Waals surface area contributed by atoms with E-state index in [1.807, 2.05) is 0 Å². The van der Waals surface area contributed by atoms with Crippen molar-refractivity contribution < 1.29 is 0 Å². The smallest absolute Gasteiger partial charge is 0.106 e. The molecule has 0 atom stereocenters. The minimum Gasteiger partial charge on any atom is -0.143 e. The molecule has 0 nitrogen and oxygen atoms in total. The van der Waals surface area contributed by atoms with Gasteiger partial charge in [-0.25, -0.2) is 0 Å². The van der Waals surface area contributed by atoms with Crippen molar-refractivity contribution in [2.75, 3.05) is 0 Å². The van der Waals surface area contributed by atoms with Gasteiger partial charge in [0.15, 0.2) is 0 Å². The molecule has 0 aromatic carbocycles. The van der Waals surface area contributed by atoms with Gasteiger partial charge >= 0.3 is 0 Å². The predicted octanol–water partition coefficient (Wildman–Crippen LogP) is 0.574. The summed E-state index contributed by atoms with van der Waals surface area (Å²) in [5.41, 5.74) is 2.71. The SMILES string of the molecule is C#C[SiH2]CCC. The standard InChI is InChI=1S/C5H10Si/c1-3-5-6-4-2/h2H,3,5-6H2,1H3. The van der Waals surface area contributed by atoms with E-state index in [4.69, 9.17) is 6.42 Å². The third-order valence-corrected chi connectivity index (χ3v) is 2.02. The highest BCUT2D eigenvalue weighted by atomic mass is 28.2. The molecule has 34 valence electrons. The van der Waals surface area contributed by atoms with Crippen LogP contribution in [0.3, 0.4) is 0 Å².